The number of aliphatic carboxylic acids is 1. The van der Waals surface area contributed by atoms with Crippen molar-refractivity contribution in [2.24, 2.45) is 16.7 Å². The van der Waals surface area contributed by atoms with Crippen LogP contribution in [-0.4, -0.2) is 29.2 Å². The minimum atomic E-state index is -4.98. The molecule has 3 atom stereocenters. The Balaban J connectivity index is 2.29. The lowest BCUT2D eigenvalue weighted by atomic mass is 9.67. The van der Waals surface area contributed by atoms with E-state index in [1.807, 2.05) is 5.32 Å². The number of alkyl halides is 3. The highest BCUT2D eigenvalue weighted by Gasteiger charge is 2.69. The highest BCUT2D eigenvalue weighted by atomic mass is 19.4. The lowest BCUT2D eigenvalue weighted by Gasteiger charge is -2.38. The minimum Gasteiger partial charge on any atom is -0.481 e. The van der Waals surface area contributed by atoms with Crippen molar-refractivity contribution in [3.63, 3.8) is 0 Å². The van der Waals surface area contributed by atoms with Crippen LogP contribution in [0.25, 0.3) is 0 Å². The average molecular weight is 279 g/mol. The third kappa shape index (κ3) is 1.74. The number of amides is 1. The highest BCUT2D eigenvalue weighted by molar-refractivity contribution is 5.84. The number of halogens is 3. The number of hydrogen-bond acceptors (Lipinski definition) is 2. The van der Waals surface area contributed by atoms with E-state index in [0.29, 0.717) is 19.3 Å². The Hall–Kier alpha value is -1.27. The Morgan fingerprint density at radius 3 is 2.32 bits per heavy atom. The van der Waals surface area contributed by atoms with Crippen molar-refractivity contribution in [1.29, 1.82) is 0 Å². The van der Waals surface area contributed by atoms with Crippen molar-refractivity contribution in [3.05, 3.63) is 0 Å². The summed E-state index contributed by atoms with van der Waals surface area (Å²) in [6.07, 6.45) is -3.70. The predicted molar refractivity (Wildman–Crippen MR) is 59.2 cm³/mol. The van der Waals surface area contributed by atoms with Crippen LogP contribution in [0.3, 0.4) is 0 Å². The van der Waals surface area contributed by atoms with E-state index < -0.39 is 34.9 Å². The number of rotatable bonds is 2. The Bertz CT molecular complexity index is 432. The second-order valence-electron chi connectivity index (χ2n) is 5.99. The summed E-state index contributed by atoms with van der Waals surface area (Å²) in [5, 5.41) is 11.4. The molecule has 7 heteroatoms. The van der Waals surface area contributed by atoms with Gasteiger partial charge in [0.05, 0.1) is 5.41 Å². The Labute approximate surface area is 108 Å². The number of carbonyl (C=O) groups excluding carboxylic acids is 1. The lowest BCUT2D eigenvalue weighted by molar-refractivity contribution is -0.176. The average Bonchev–Trinajstić information content (AvgIpc) is 2.62. The molecule has 2 aliphatic carbocycles. The maximum absolute atomic E-state index is 12.3. The monoisotopic (exact) mass is 279 g/mol. The summed E-state index contributed by atoms with van der Waals surface area (Å²) in [5.41, 5.74) is -1.90. The molecule has 0 aromatic rings. The van der Waals surface area contributed by atoms with E-state index in [4.69, 9.17) is 0 Å². The summed E-state index contributed by atoms with van der Waals surface area (Å²) >= 11 is 0. The molecule has 2 bridgehead atoms. The van der Waals surface area contributed by atoms with E-state index in [2.05, 4.69) is 0 Å². The first kappa shape index (κ1) is 14.1. The van der Waals surface area contributed by atoms with Crippen molar-refractivity contribution in [1.82, 2.24) is 5.32 Å². The van der Waals surface area contributed by atoms with E-state index >= 15 is 0 Å². The smallest absolute Gasteiger partial charge is 0.471 e. The van der Waals surface area contributed by atoms with Gasteiger partial charge in [-0.15, -0.1) is 0 Å². The zero-order chi connectivity index (χ0) is 14.6. The minimum absolute atomic E-state index is 0.0298. The zero-order valence-corrected chi connectivity index (χ0v) is 10.7. The van der Waals surface area contributed by atoms with Gasteiger partial charge in [0, 0.05) is 6.04 Å². The SMILES string of the molecule is CC1(C)C2CCC1(C(=O)O)C(NC(=O)C(F)(F)F)C2. The molecule has 0 aromatic heterocycles. The number of nitrogens with one attached hydrogen (secondary N) is 1. The summed E-state index contributed by atoms with van der Waals surface area (Å²) in [6.45, 7) is 3.52. The molecule has 0 radical (unpaired) electrons. The molecule has 2 fully saturated rings. The molecule has 0 spiro atoms. The standard InChI is InChI=1S/C12H16F3NO3/c1-10(2)6-3-4-11(10,9(18)19)7(5-6)16-8(17)12(13,14)15/h6-7H,3-5H2,1-2H3,(H,16,17)(H,18,19). The molecule has 4 nitrogen and oxygen atoms in total. The van der Waals surface area contributed by atoms with Gasteiger partial charge in [0.2, 0.25) is 0 Å². The first-order valence-corrected chi connectivity index (χ1v) is 6.14. The van der Waals surface area contributed by atoms with Crippen LogP contribution in [0.5, 0.6) is 0 Å². The molecular formula is C12H16F3NO3. The quantitative estimate of drug-likeness (QED) is 0.812. The molecule has 3 unspecified atom stereocenters. The second kappa shape index (κ2) is 3.86. The zero-order valence-electron chi connectivity index (χ0n) is 10.7. The third-order valence-electron chi connectivity index (χ3n) is 5.12. The van der Waals surface area contributed by atoms with Gasteiger partial charge in [-0.05, 0) is 30.6 Å². The number of carbonyl (C=O) groups is 2. The normalized spacial score (nSPS) is 36.3. The van der Waals surface area contributed by atoms with Gasteiger partial charge in [0.1, 0.15) is 0 Å². The van der Waals surface area contributed by atoms with Crippen molar-refractivity contribution in [2.45, 2.75) is 45.3 Å². The fraction of sp³-hybridized carbons (Fsp3) is 0.833. The number of carboxylic acid groups (broad SMARTS) is 1. The lowest BCUT2D eigenvalue weighted by Crippen LogP contribution is -2.55. The van der Waals surface area contributed by atoms with Crippen LogP contribution < -0.4 is 5.32 Å². The van der Waals surface area contributed by atoms with E-state index in [9.17, 15) is 27.9 Å². The summed E-state index contributed by atoms with van der Waals surface area (Å²) in [6, 6.07) is -0.951. The van der Waals surface area contributed by atoms with Crippen LogP contribution in [0.4, 0.5) is 13.2 Å². The fourth-order valence-corrected chi connectivity index (χ4v) is 3.92. The van der Waals surface area contributed by atoms with Crippen molar-refractivity contribution < 1.29 is 27.9 Å². The predicted octanol–water partition coefficient (Wildman–Crippen LogP) is 1.94. The Morgan fingerprint density at radius 2 is 1.89 bits per heavy atom. The van der Waals surface area contributed by atoms with Crippen LogP contribution in [0.15, 0.2) is 0 Å². The highest BCUT2D eigenvalue weighted by Crippen LogP contribution is 2.65. The van der Waals surface area contributed by atoms with Crippen molar-refractivity contribution in [3.8, 4) is 0 Å². The molecule has 0 aliphatic heterocycles. The molecule has 108 valence electrons. The first-order chi connectivity index (χ1) is 8.53. The van der Waals surface area contributed by atoms with Crippen LogP contribution >= 0.6 is 0 Å². The van der Waals surface area contributed by atoms with Gasteiger partial charge in [0.25, 0.3) is 0 Å². The molecule has 0 saturated heterocycles. The van der Waals surface area contributed by atoms with Crippen molar-refractivity contribution in [2.75, 3.05) is 0 Å². The van der Waals surface area contributed by atoms with E-state index in [1.54, 1.807) is 13.8 Å². The maximum Gasteiger partial charge on any atom is 0.471 e. The van der Waals surface area contributed by atoms with Crippen LogP contribution in [0, 0.1) is 16.7 Å². The molecule has 2 rings (SSSR count). The van der Waals surface area contributed by atoms with Gasteiger partial charge in [-0.3, -0.25) is 9.59 Å². The molecule has 1 amide bonds. The van der Waals surface area contributed by atoms with Gasteiger partial charge in [-0.25, -0.2) is 0 Å². The molecule has 0 heterocycles. The Kier molecular flexibility index (Phi) is 2.88. The molecular weight excluding hydrogens is 263 g/mol. The van der Waals surface area contributed by atoms with Crippen LogP contribution in [-0.2, 0) is 9.59 Å². The van der Waals surface area contributed by atoms with E-state index in [0.717, 1.165) is 0 Å². The van der Waals surface area contributed by atoms with Gasteiger partial charge in [-0.2, -0.15) is 13.2 Å². The molecule has 2 aliphatic rings. The number of fused-ring (bicyclic) bond motifs is 2. The van der Waals surface area contributed by atoms with Crippen LogP contribution in [0.2, 0.25) is 0 Å². The van der Waals surface area contributed by atoms with E-state index in [1.165, 1.54) is 0 Å². The third-order valence-corrected chi connectivity index (χ3v) is 5.12. The van der Waals surface area contributed by atoms with Gasteiger partial charge >= 0.3 is 18.1 Å². The van der Waals surface area contributed by atoms with Gasteiger partial charge < -0.3 is 10.4 Å². The molecule has 2 saturated carbocycles. The van der Waals surface area contributed by atoms with Gasteiger partial charge in [0.15, 0.2) is 0 Å². The number of hydrogen-bond donors (Lipinski definition) is 2. The van der Waals surface area contributed by atoms with Crippen LogP contribution in [0.1, 0.15) is 33.1 Å². The molecule has 2 N–H and O–H groups in total. The topological polar surface area (TPSA) is 66.4 Å². The summed E-state index contributed by atoms with van der Waals surface area (Å²) < 4.78 is 36.9. The summed E-state index contributed by atoms with van der Waals surface area (Å²) in [4.78, 5) is 22.6. The second-order valence-corrected chi connectivity index (χ2v) is 5.99. The first-order valence-electron chi connectivity index (χ1n) is 6.14. The molecule has 19 heavy (non-hydrogen) atoms. The van der Waals surface area contributed by atoms with E-state index in [-0.39, 0.29) is 5.92 Å². The maximum atomic E-state index is 12.3. The Morgan fingerprint density at radius 1 is 1.32 bits per heavy atom. The number of carboxylic acids is 1. The summed E-state index contributed by atoms with van der Waals surface area (Å²) in [5.74, 6) is -3.14. The molecule has 0 aromatic carbocycles. The largest absolute Gasteiger partial charge is 0.481 e. The van der Waals surface area contributed by atoms with Gasteiger partial charge in [-0.1, -0.05) is 13.8 Å². The van der Waals surface area contributed by atoms with Crippen molar-refractivity contribution >= 4 is 11.9 Å². The fourth-order valence-electron chi connectivity index (χ4n) is 3.92. The summed E-state index contributed by atoms with van der Waals surface area (Å²) in [7, 11) is 0.